The van der Waals surface area contributed by atoms with Crippen LogP contribution in [0.3, 0.4) is 0 Å². The van der Waals surface area contributed by atoms with Crippen LogP contribution in [0.25, 0.3) is 0 Å². The molecule has 0 atom stereocenters. The molecule has 0 aliphatic carbocycles. The Bertz CT molecular complexity index is 453. The molecule has 0 radical (unpaired) electrons. The zero-order chi connectivity index (χ0) is 16.1. The maximum Gasteiger partial charge on any atom is 0.320 e. The molecular weight excluding hydrogens is 268 g/mol. The zero-order valence-corrected chi connectivity index (χ0v) is 13.5. The molecule has 0 spiro atoms. The van der Waals surface area contributed by atoms with E-state index in [1.165, 1.54) is 0 Å². The molecule has 0 unspecified atom stereocenters. The van der Waals surface area contributed by atoms with Crippen molar-refractivity contribution < 1.29 is 9.90 Å². The number of aliphatic hydroxyl groups is 1. The first-order valence-corrected chi connectivity index (χ1v) is 7.30. The van der Waals surface area contributed by atoms with Crippen LogP contribution in [0.4, 0.5) is 10.6 Å². The smallest absolute Gasteiger partial charge is 0.320 e. The standard InChI is InChI=1S/C15H26N4O2/c1-6-15(7-2,10-20)17-13(21)16-12-9-8-11(18-19-12)14(3,4)5/h8-9,20H,6-7,10H2,1-5H3,(H2,16,17,19,21). The third-order valence-corrected chi connectivity index (χ3v) is 3.71. The first kappa shape index (κ1) is 17.4. The van der Waals surface area contributed by atoms with E-state index < -0.39 is 5.54 Å². The second-order valence-electron chi connectivity index (χ2n) is 6.28. The van der Waals surface area contributed by atoms with Gasteiger partial charge in [-0.3, -0.25) is 5.32 Å². The van der Waals surface area contributed by atoms with Gasteiger partial charge in [-0.05, 0) is 25.0 Å². The van der Waals surface area contributed by atoms with Crippen molar-refractivity contribution in [3.05, 3.63) is 17.8 Å². The SMILES string of the molecule is CCC(CC)(CO)NC(=O)Nc1ccc(C(C)(C)C)nn1. The van der Waals surface area contributed by atoms with Gasteiger partial charge in [0.15, 0.2) is 5.82 Å². The number of nitrogens with zero attached hydrogens (tertiary/aromatic N) is 2. The van der Waals surface area contributed by atoms with Crippen molar-refractivity contribution in [3.8, 4) is 0 Å². The third kappa shape index (κ3) is 4.67. The molecule has 1 aromatic heterocycles. The van der Waals surface area contributed by atoms with Gasteiger partial charge in [-0.2, -0.15) is 5.10 Å². The number of nitrogens with one attached hydrogen (secondary N) is 2. The lowest BCUT2D eigenvalue weighted by Gasteiger charge is -2.30. The van der Waals surface area contributed by atoms with Crippen LogP contribution in [0.1, 0.15) is 53.2 Å². The molecule has 0 bridgehead atoms. The van der Waals surface area contributed by atoms with Crippen LogP contribution in [-0.4, -0.2) is 33.5 Å². The molecule has 6 heteroatoms. The van der Waals surface area contributed by atoms with Crippen LogP contribution < -0.4 is 10.6 Å². The molecule has 2 amide bonds. The van der Waals surface area contributed by atoms with Crippen LogP contribution in [-0.2, 0) is 5.41 Å². The maximum absolute atomic E-state index is 12.0. The van der Waals surface area contributed by atoms with Crippen molar-refractivity contribution in [1.82, 2.24) is 15.5 Å². The van der Waals surface area contributed by atoms with Gasteiger partial charge >= 0.3 is 6.03 Å². The van der Waals surface area contributed by atoms with E-state index in [0.29, 0.717) is 18.7 Å². The summed E-state index contributed by atoms with van der Waals surface area (Å²) in [5, 5.41) is 23.0. The van der Waals surface area contributed by atoms with Gasteiger partial charge in [0.05, 0.1) is 17.8 Å². The summed E-state index contributed by atoms with van der Waals surface area (Å²) < 4.78 is 0. The molecule has 6 nitrogen and oxygen atoms in total. The largest absolute Gasteiger partial charge is 0.394 e. The Kier molecular flexibility index (Phi) is 5.66. The summed E-state index contributed by atoms with van der Waals surface area (Å²) >= 11 is 0. The Morgan fingerprint density at radius 3 is 2.19 bits per heavy atom. The molecule has 0 saturated carbocycles. The minimum atomic E-state index is -0.594. The summed E-state index contributed by atoms with van der Waals surface area (Å²) in [5.41, 5.74) is 0.188. The lowest BCUT2D eigenvalue weighted by Crippen LogP contribution is -2.52. The quantitative estimate of drug-likeness (QED) is 0.778. The fourth-order valence-electron chi connectivity index (χ4n) is 1.88. The monoisotopic (exact) mass is 294 g/mol. The minimum Gasteiger partial charge on any atom is -0.394 e. The number of carbonyl (C=O) groups is 1. The van der Waals surface area contributed by atoms with Crippen molar-refractivity contribution >= 4 is 11.8 Å². The van der Waals surface area contributed by atoms with Crippen molar-refractivity contribution in [2.45, 2.75) is 58.4 Å². The van der Waals surface area contributed by atoms with Gasteiger partial charge in [0.2, 0.25) is 0 Å². The van der Waals surface area contributed by atoms with Gasteiger partial charge in [-0.1, -0.05) is 34.6 Å². The number of hydrogen-bond donors (Lipinski definition) is 3. The zero-order valence-electron chi connectivity index (χ0n) is 13.5. The number of hydrogen-bond acceptors (Lipinski definition) is 4. The predicted molar refractivity (Wildman–Crippen MR) is 83.3 cm³/mol. The van der Waals surface area contributed by atoms with Crippen LogP contribution in [0.15, 0.2) is 12.1 Å². The maximum atomic E-state index is 12.0. The summed E-state index contributed by atoms with van der Waals surface area (Å²) in [6.45, 7) is 9.91. The van der Waals surface area contributed by atoms with E-state index in [0.717, 1.165) is 5.69 Å². The Balaban J connectivity index is 2.71. The fraction of sp³-hybridized carbons (Fsp3) is 0.667. The Hall–Kier alpha value is -1.69. The molecule has 0 fully saturated rings. The van der Waals surface area contributed by atoms with Crippen molar-refractivity contribution in [2.75, 3.05) is 11.9 Å². The Morgan fingerprint density at radius 1 is 1.19 bits per heavy atom. The van der Waals surface area contributed by atoms with E-state index in [4.69, 9.17) is 0 Å². The number of aliphatic hydroxyl groups excluding tert-OH is 1. The van der Waals surface area contributed by atoms with E-state index in [9.17, 15) is 9.90 Å². The number of rotatable bonds is 5. The highest BCUT2D eigenvalue weighted by molar-refractivity contribution is 5.88. The Morgan fingerprint density at radius 2 is 1.81 bits per heavy atom. The molecule has 3 N–H and O–H groups in total. The van der Waals surface area contributed by atoms with E-state index in [1.54, 1.807) is 6.07 Å². The fourth-order valence-corrected chi connectivity index (χ4v) is 1.88. The highest BCUT2D eigenvalue weighted by Crippen LogP contribution is 2.19. The van der Waals surface area contributed by atoms with Crippen LogP contribution in [0.2, 0.25) is 0 Å². The van der Waals surface area contributed by atoms with E-state index in [1.807, 2.05) is 19.9 Å². The molecule has 0 saturated heterocycles. The second kappa shape index (κ2) is 6.85. The summed E-state index contributed by atoms with van der Waals surface area (Å²) in [4.78, 5) is 12.0. The summed E-state index contributed by atoms with van der Waals surface area (Å²) in [6, 6.07) is 3.19. The first-order chi connectivity index (χ1) is 9.76. The number of anilines is 1. The van der Waals surface area contributed by atoms with Crippen LogP contribution >= 0.6 is 0 Å². The van der Waals surface area contributed by atoms with Gasteiger partial charge in [0, 0.05) is 5.41 Å². The van der Waals surface area contributed by atoms with Gasteiger partial charge in [-0.15, -0.1) is 5.10 Å². The number of amides is 2. The third-order valence-electron chi connectivity index (χ3n) is 3.71. The summed E-state index contributed by atoms with van der Waals surface area (Å²) in [6.07, 6.45) is 1.31. The average Bonchev–Trinajstić information content (AvgIpc) is 2.44. The average molecular weight is 294 g/mol. The number of urea groups is 1. The van der Waals surface area contributed by atoms with E-state index >= 15 is 0 Å². The molecule has 0 aliphatic rings. The van der Waals surface area contributed by atoms with Gasteiger partial charge in [-0.25, -0.2) is 4.79 Å². The molecule has 21 heavy (non-hydrogen) atoms. The lowest BCUT2D eigenvalue weighted by molar-refractivity contribution is 0.155. The van der Waals surface area contributed by atoms with Gasteiger partial charge < -0.3 is 10.4 Å². The highest BCUT2D eigenvalue weighted by atomic mass is 16.3. The van der Waals surface area contributed by atoms with Crippen LogP contribution in [0.5, 0.6) is 0 Å². The van der Waals surface area contributed by atoms with Gasteiger partial charge in [0.25, 0.3) is 0 Å². The van der Waals surface area contributed by atoms with Crippen LogP contribution in [0, 0.1) is 0 Å². The first-order valence-electron chi connectivity index (χ1n) is 7.30. The molecule has 1 heterocycles. The molecular formula is C15H26N4O2. The van der Waals surface area contributed by atoms with Crippen molar-refractivity contribution in [3.63, 3.8) is 0 Å². The summed E-state index contributed by atoms with van der Waals surface area (Å²) in [5.74, 6) is 0.388. The lowest BCUT2D eigenvalue weighted by atomic mass is 9.92. The minimum absolute atomic E-state index is 0.0791. The second-order valence-corrected chi connectivity index (χ2v) is 6.28. The van der Waals surface area contributed by atoms with Crippen molar-refractivity contribution in [2.24, 2.45) is 0 Å². The molecule has 1 aromatic rings. The molecule has 1 rings (SSSR count). The van der Waals surface area contributed by atoms with Gasteiger partial charge in [0.1, 0.15) is 0 Å². The molecule has 0 aliphatic heterocycles. The normalized spacial score (nSPS) is 12.1. The molecule has 118 valence electrons. The molecule has 0 aromatic carbocycles. The van der Waals surface area contributed by atoms with E-state index in [-0.39, 0.29) is 18.1 Å². The Labute approximate surface area is 126 Å². The topological polar surface area (TPSA) is 87.1 Å². The number of aromatic nitrogens is 2. The highest BCUT2D eigenvalue weighted by Gasteiger charge is 2.27. The van der Waals surface area contributed by atoms with Crippen molar-refractivity contribution in [1.29, 1.82) is 0 Å². The van der Waals surface area contributed by atoms with E-state index in [2.05, 4.69) is 41.6 Å². The number of carbonyl (C=O) groups excluding carboxylic acids is 1. The predicted octanol–water partition coefficient (Wildman–Crippen LogP) is 2.45. The summed E-state index contributed by atoms with van der Waals surface area (Å²) in [7, 11) is 0.